The molecule has 0 aliphatic rings. The standard InChI is InChI=1S/C14H14ClN3O5.C14H16N4O5.C14H15N3O6.C12H12N4O5.C9H9NO6.C6H9NO.Cl5P.H3N/c1-4-17-14(19)9(7-16)12(15)8-5-10(18(20)21)13(23-3)11(6-8)22-2;1-4-17-14(19)9(7-15)12(16)8-5-10(18(20)21)13(23-3)11(6-8)22-2;1-4-16-14(19)9(7-15)12(18)8-5-10(17(20)21)13(23-3)11(6-8)22-2;1-2-15-12(19)7(5-13)10(14)6-3-8(16(20)21)11(18)9(17)4-6;1-15-7-4-5(9(11)12)3-6(10(13)14)8(7)16-2;1-3-4-6(8)5-7-2;1-6(2,3,4)5;/h5-6H,4H2,1-3H3,(H,17,19);5-6H,4,16H2,1-3H3,(H,17,19);5-6,18H,4H2,1-3H3,(H,16,19);3-4,17-18H,2,14H2,1H3,(H,15,19);3-4H,1-2H3,(H,11,12);3-5H2,1H3;;1H3/b3*12-9-;10-7-;;;;. The Kier molecular flexibility index (Phi) is 49.8. The number of nitro groups is 5. The van der Waals surface area contributed by atoms with Crippen LogP contribution < -0.4 is 76.8 Å². The Bertz CT molecular complexity index is 4740. The van der Waals surface area contributed by atoms with Crippen LogP contribution in [0.5, 0.6) is 57.5 Å². The van der Waals surface area contributed by atoms with Crippen molar-refractivity contribution in [2.45, 2.75) is 47.5 Å². The van der Waals surface area contributed by atoms with Crippen LogP contribution in [0.1, 0.15) is 80.1 Å². The molecule has 45 nitrogen and oxygen atoms in total. The third kappa shape index (κ3) is 35.4. The second kappa shape index (κ2) is 54.1. The van der Waals surface area contributed by atoms with E-state index < -0.39 is 114 Å². The van der Waals surface area contributed by atoms with Crippen LogP contribution in [0.4, 0.5) is 28.4 Å². The number of rotatable bonds is 29. The molecule has 4 amide bonds. The number of amides is 4. The molecule has 0 aromatic heterocycles. The minimum absolute atomic E-state index is 0. The van der Waals surface area contributed by atoms with Crippen LogP contribution in [-0.2, 0) is 24.0 Å². The summed E-state index contributed by atoms with van der Waals surface area (Å²) < 4.78 is 35.9. The number of halogens is 6. The SMILES string of the molecule is CCNC(=O)/C(C#N)=C(\Cl)c1cc(OC)c(OC)c([N+](=O)[O-])c1.CCNC(=O)/C(C#N)=C(\N)c1cc(O)c(O)c([N+](=O)[O-])c1.CCNC(=O)/C(C#N)=C(\N)c1cc(OC)c(OC)c([N+](=O)[O-])c1.CCNC(=O)/C(C#N)=C(\O)c1cc(OC)c(OC)c([N+](=O)[O-])c1.COc1cc(C(=O)O)cc([N+](=O)[O-])c1OC.ClP(Cl)(Cl)(Cl)Cl.N.[C-]#[N+]CC(=O)CCC. The number of carboxylic acid groups (broad SMARTS) is 1. The maximum atomic E-state index is 11.8. The number of methoxy groups -OCH3 is 8. The number of aliphatic hydroxyl groups excluding tert-OH is 1. The fraction of sp³-hybridized carbons (Fsp3) is 0.290. The van der Waals surface area contributed by atoms with Crippen molar-refractivity contribution in [1.82, 2.24) is 27.4 Å². The van der Waals surface area contributed by atoms with Crippen molar-refractivity contribution in [2.75, 3.05) is 89.6 Å². The number of likely N-dealkylation sites (N-methyl/N-ethyl adjacent to an activating group) is 4. The first-order valence-corrected chi connectivity index (χ1v) is 39.8. The summed E-state index contributed by atoms with van der Waals surface area (Å²) in [5, 5.41) is 138. The van der Waals surface area contributed by atoms with E-state index in [0.29, 0.717) is 19.5 Å². The number of Topliss-reactive ketones (excluding diaryl/α,β-unsaturated/α-hetero) is 1. The number of aromatic carboxylic acids is 1. The van der Waals surface area contributed by atoms with Gasteiger partial charge in [-0.25, -0.2) is 11.4 Å². The van der Waals surface area contributed by atoms with E-state index in [-0.39, 0.29) is 133 Å². The maximum Gasteiger partial charge on any atom is 0.272 e. The smallest absolute Gasteiger partial charge is 0.272 e. The first kappa shape index (κ1) is 111. The Balaban J connectivity index is -0.00000138. The van der Waals surface area contributed by atoms with Crippen LogP contribution in [0, 0.1) is 102 Å². The van der Waals surface area contributed by atoms with Crippen LogP contribution in [0.2, 0.25) is 0 Å². The minimum Gasteiger partial charge on any atom is -0.344 e. The molecule has 0 atom stereocenters. The largest absolute Gasteiger partial charge is 0.344 e. The zero-order chi connectivity index (χ0) is 93.0. The van der Waals surface area contributed by atoms with Crippen molar-refractivity contribution < 1.29 is 112 Å². The zero-order valence-electron chi connectivity index (χ0n) is 65.9. The molecule has 654 valence electrons. The summed E-state index contributed by atoms with van der Waals surface area (Å²) in [6, 6.07) is 17.6. The number of carboxylic acids is 1. The Morgan fingerprint density at radius 1 is 0.455 bits per heavy atom. The number of hydrogen-bond donors (Lipinski definition) is 11. The molecule has 0 aliphatic carbocycles. The van der Waals surface area contributed by atoms with Crippen LogP contribution in [0.15, 0.2) is 83.0 Å². The third-order valence-electron chi connectivity index (χ3n) is 13.8. The van der Waals surface area contributed by atoms with Crippen molar-refractivity contribution in [1.29, 1.82) is 21.0 Å². The van der Waals surface area contributed by atoms with E-state index in [0.717, 1.165) is 48.9 Å². The summed E-state index contributed by atoms with van der Waals surface area (Å²) in [5.74, 6) is -6.75. The minimum atomic E-state index is -3.69. The Labute approximate surface area is 716 Å². The molecule has 0 fully saturated rings. The van der Waals surface area contributed by atoms with Crippen LogP contribution in [0.3, 0.4) is 0 Å². The van der Waals surface area contributed by atoms with E-state index in [1.807, 2.05) is 6.92 Å². The Morgan fingerprint density at radius 3 is 1.00 bits per heavy atom. The monoisotopic (exact) mass is 1830 g/mol. The van der Waals surface area contributed by atoms with Crippen molar-refractivity contribution in [2.24, 2.45) is 11.5 Å². The van der Waals surface area contributed by atoms with Gasteiger partial charge in [-0.15, -0.1) is 0 Å². The summed E-state index contributed by atoms with van der Waals surface area (Å²) in [4.78, 5) is 122. The fourth-order valence-electron chi connectivity index (χ4n) is 8.66. The van der Waals surface area contributed by atoms with Gasteiger partial charge in [0.25, 0.3) is 30.2 Å². The molecule has 5 aromatic carbocycles. The number of aromatic hydroxyl groups is 2. The quantitative estimate of drug-likeness (QED) is 0.00309. The second-order valence-electron chi connectivity index (χ2n) is 21.5. The molecule has 0 saturated carbocycles. The van der Waals surface area contributed by atoms with Crippen molar-refractivity contribution in [3.63, 3.8) is 0 Å². The van der Waals surface area contributed by atoms with Gasteiger partial charge in [0.05, 0.1) is 103 Å². The first-order valence-electron chi connectivity index (χ1n) is 32.7. The van der Waals surface area contributed by atoms with Gasteiger partial charge in [0.15, 0.2) is 34.3 Å². The fourth-order valence-corrected chi connectivity index (χ4v) is 8.89. The number of carbonyl (C=O) groups excluding carboxylic acids is 5. The normalized spacial score (nSPS) is 11.0. The molecule has 5 rings (SSSR count). The number of ketones is 1. The molecule has 0 spiro atoms. The summed E-state index contributed by atoms with van der Waals surface area (Å²) >= 11 is 31.0. The molecule has 0 radical (unpaired) electrons. The Morgan fingerprint density at radius 2 is 0.719 bits per heavy atom. The van der Waals surface area contributed by atoms with Gasteiger partial charge in [-0.1, -0.05) is 18.5 Å². The van der Waals surface area contributed by atoms with Crippen LogP contribution >= 0.6 is 71.2 Å². The molecule has 0 saturated heterocycles. The van der Waals surface area contributed by atoms with E-state index in [2.05, 4.69) is 26.1 Å². The van der Waals surface area contributed by atoms with Crippen molar-refractivity contribution in [3.8, 4) is 81.8 Å². The van der Waals surface area contributed by atoms with Crippen molar-refractivity contribution >= 4 is 157 Å². The topological polar surface area (TPSA) is 708 Å². The number of nitrogens with zero attached hydrogens (tertiary/aromatic N) is 10. The van der Waals surface area contributed by atoms with E-state index in [4.69, 9.17) is 150 Å². The average Bonchev–Trinajstić information content (AvgIpc) is 0.824. The summed E-state index contributed by atoms with van der Waals surface area (Å²) in [6.07, 6.45) is 1.41. The van der Waals surface area contributed by atoms with Gasteiger partial charge in [0.2, 0.25) is 34.5 Å². The molecule has 0 heterocycles. The maximum absolute atomic E-state index is 11.8. The number of aliphatic hydroxyl groups is 1. The molecular weight excluding hydrogens is 1760 g/mol. The Hall–Kier alpha value is -13.9. The van der Waals surface area contributed by atoms with Crippen molar-refractivity contribution in [3.05, 3.63) is 173 Å². The van der Waals surface area contributed by atoms with Gasteiger partial charge in [-0.05, 0) is 64.4 Å². The van der Waals surface area contributed by atoms with E-state index in [9.17, 15) is 94.7 Å². The average molecular weight is 1840 g/mol. The predicted octanol–water partition coefficient (Wildman–Crippen LogP) is 12.1. The molecule has 0 aliphatic heterocycles. The zero-order valence-corrected chi connectivity index (χ0v) is 71.3. The van der Waals surface area contributed by atoms with E-state index in [1.165, 1.54) is 75.1 Å². The van der Waals surface area contributed by atoms with Gasteiger partial charge in [-0.3, -0.25) is 74.5 Å². The number of benzene rings is 5. The number of phenols is 2. The third-order valence-corrected chi connectivity index (χ3v) is 14.2. The van der Waals surface area contributed by atoms with Crippen LogP contribution in [0.25, 0.3) is 27.0 Å². The number of phenolic OH excluding ortho intramolecular Hbond substituents is 2. The number of ether oxygens (including phenoxy) is 8. The summed E-state index contributed by atoms with van der Waals surface area (Å²) in [6.45, 7) is 16.1. The predicted molar refractivity (Wildman–Crippen MR) is 443 cm³/mol. The number of hydrogen-bond acceptors (Lipinski definition) is 34. The van der Waals surface area contributed by atoms with Gasteiger partial charge < -0.3 is 102 Å². The van der Waals surface area contributed by atoms with E-state index in [1.54, 1.807) is 52.0 Å². The number of nitro benzene ring substituents is 5. The molecule has 15 N–H and O–H groups in total. The number of nitriles is 4. The molecule has 121 heavy (non-hydrogen) atoms. The van der Waals surface area contributed by atoms with Gasteiger partial charge in [-0.2, -0.15) is 21.0 Å². The summed E-state index contributed by atoms with van der Waals surface area (Å²) in [7, 11) is 10.1. The number of carbonyl (C=O) groups is 6. The number of nitrogens with two attached hydrogens (primary N) is 2. The molecule has 0 unspecified atom stereocenters. The van der Waals surface area contributed by atoms with Gasteiger partial charge in [0.1, 0.15) is 46.8 Å². The number of nitrogens with one attached hydrogen (secondary N) is 4. The van der Waals surface area contributed by atoms with Gasteiger partial charge >= 0.3 is 94.0 Å². The molecule has 52 heteroatoms. The molecular formula is C69H78Cl6N17O28P. The first-order chi connectivity index (χ1) is 56.1. The second-order valence-corrected chi connectivity index (χ2v) is 38.5. The molecule has 5 aromatic rings. The van der Waals surface area contributed by atoms with Gasteiger partial charge in [0, 0.05) is 85.2 Å². The summed E-state index contributed by atoms with van der Waals surface area (Å²) in [5.41, 5.74) is 6.49. The molecule has 0 bridgehead atoms. The van der Waals surface area contributed by atoms with Crippen LogP contribution in [-0.4, -0.2) is 170 Å². The van der Waals surface area contributed by atoms with E-state index >= 15 is 0 Å².